The molecule has 1 amide bonds. The number of aliphatic hydroxyl groups excluding tert-OH is 1. The molecule has 8 nitrogen and oxygen atoms in total. The van der Waals surface area contributed by atoms with Crippen LogP contribution in [-0.4, -0.2) is 66.0 Å². The third-order valence-electron chi connectivity index (χ3n) is 5.17. The van der Waals surface area contributed by atoms with E-state index in [4.69, 9.17) is 4.74 Å². The van der Waals surface area contributed by atoms with Crippen molar-refractivity contribution in [2.24, 2.45) is 0 Å². The molecular formula is C19H30N2O6S. The van der Waals surface area contributed by atoms with E-state index >= 15 is 0 Å². The first-order valence-electron chi connectivity index (χ1n) is 9.61. The molecule has 0 bridgehead atoms. The van der Waals surface area contributed by atoms with E-state index in [1.165, 1.54) is 4.90 Å². The molecule has 2 N–H and O–H groups in total. The van der Waals surface area contributed by atoms with Gasteiger partial charge in [-0.25, -0.2) is 13.2 Å². The molecule has 158 valence electrons. The second-order valence-electron chi connectivity index (χ2n) is 7.41. The van der Waals surface area contributed by atoms with Crippen LogP contribution in [0, 0.1) is 13.8 Å². The van der Waals surface area contributed by atoms with Crippen molar-refractivity contribution in [1.82, 2.24) is 9.88 Å². The number of aromatic amines is 1. The van der Waals surface area contributed by atoms with Gasteiger partial charge in [-0.1, -0.05) is 13.3 Å². The lowest BCUT2D eigenvalue weighted by Crippen LogP contribution is -2.43. The molecule has 28 heavy (non-hydrogen) atoms. The van der Waals surface area contributed by atoms with Gasteiger partial charge in [-0.3, -0.25) is 4.79 Å². The second kappa shape index (κ2) is 9.09. The Balaban J connectivity index is 2.06. The summed E-state index contributed by atoms with van der Waals surface area (Å²) in [6, 6.07) is -0.362. The third-order valence-corrected chi connectivity index (χ3v) is 6.92. The summed E-state index contributed by atoms with van der Waals surface area (Å²) < 4.78 is 28.7. The number of carbonyl (C=O) groups is 2. The largest absolute Gasteiger partial charge is 0.451 e. The van der Waals surface area contributed by atoms with Gasteiger partial charge in [0.25, 0.3) is 5.91 Å². The molecule has 2 atom stereocenters. The minimum Gasteiger partial charge on any atom is -0.451 e. The van der Waals surface area contributed by atoms with Crippen molar-refractivity contribution in [1.29, 1.82) is 0 Å². The summed E-state index contributed by atoms with van der Waals surface area (Å²) in [5.74, 6) is -1.02. The predicted octanol–water partition coefficient (Wildman–Crippen LogP) is 1.66. The molecule has 1 aromatic rings. The molecule has 2 heterocycles. The van der Waals surface area contributed by atoms with E-state index in [1.807, 2.05) is 6.92 Å². The minimum absolute atomic E-state index is 0.0386. The van der Waals surface area contributed by atoms with Gasteiger partial charge in [-0.05, 0) is 39.2 Å². The number of aliphatic hydroxyl groups is 1. The van der Waals surface area contributed by atoms with E-state index in [9.17, 15) is 23.1 Å². The first-order chi connectivity index (χ1) is 13.1. The highest BCUT2D eigenvalue weighted by molar-refractivity contribution is 7.91. The van der Waals surface area contributed by atoms with Gasteiger partial charge in [0.1, 0.15) is 5.69 Å². The van der Waals surface area contributed by atoms with Gasteiger partial charge >= 0.3 is 5.97 Å². The average molecular weight is 415 g/mol. The first-order valence-corrected chi connectivity index (χ1v) is 11.4. The van der Waals surface area contributed by atoms with Crippen molar-refractivity contribution in [2.45, 2.75) is 59.1 Å². The van der Waals surface area contributed by atoms with Gasteiger partial charge in [-0.2, -0.15) is 0 Å². The maximum absolute atomic E-state index is 12.7. The van der Waals surface area contributed by atoms with Crippen molar-refractivity contribution < 1.29 is 27.9 Å². The molecule has 0 saturated carbocycles. The van der Waals surface area contributed by atoms with Crippen LogP contribution in [0.25, 0.3) is 0 Å². The number of amides is 1. The Hall–Kier alpha value is -1.87. The van der Waals surface area contributed by atoms with Gasteiger partial charge in [-0.15, -0.1) is 0 Å². The number of H-pyrrole nitrogens is 1. The monoisotopic (exact) mass is 414 g/mol. The van der Waals surface area contributed by atoms with Crippen LogP contribution in [0.2, 0.25) is 0 Å². The maximum Gasteiger partial charge on any atom is 0.355 e. The van der Waals surface area contributed by atoms with Crippen LogP contribution in [0.15, 0.2) is 0 Å². The zero-order valence-corrected chi connectivity index (χ0v) is 17.8. The predicted molar refractivity (Wildman–Crippen MR) is 105 cm³/mol. The van der Waals surface area contributed by atoms with Crippen molar-refractivity contribution >= 4 is 21.7 Å². The zero-order chi connectivity index (χ0) is 21.1. The van der Waals surface area contributed by atoms with Crippen LogP contribution in [0.3, 0.4) is 0 Å². The molecule has 0 aromatic carbocycles. The molecule has 1 aliphatic heterocycles. The molecule has 0 spiro atoms. The second-order valence-corrected chi connectivity index (χ2v) is 9.64. The van der Waals surface area contributed by atoms with Crippen LogP contribution < -0.4 is 0 Å². The van der Waals surface area contributed by atoms with E-state index in [0.29, 0.717) is 29.8 Å². The first kappa shape index (κ1) is 22.4. The lowest BCUT2D eigenvalue weighted by molar-refractivity contribution is -0.136. The molecule has 2 rings (SSSR count). The van der Waals surface area contributed by atoms with Crippen LogP contribution in [0.4, 0.5) is 0 Å². The Labute approximate surface area is 166 Å². The number of hydrogen-bond donors (Lipinski definition) is 2. The van der Waals surface area contributed by atoms with Gasteiger partial charge < -0.3 is 19.7 Å². The number of carbonyl (C=O) groups excluding carboxylic acids is 2. The standard InChI is InChI=1S/C19H30N2O6S/c1-5-6-8-21(15-7-9-28(25,26)11-15)16(23)10-27-19(24)18-12(2)17(14(4)22)13(3)20-18/h14-15,20,22H,5-11H2,1-4H3/t14-,15-/m0/s1. The molecule has 1 saturated heterocycles. The number of sulfone groups is 1. The fourth-order valence-corrected chi connectivity index (χ4v) is 5.47. The molecule has 1 fully saturated rings. The number of hydrogen-bond acceptors (Lipinski definition) is 6. The normalized spacial score (nSPS) is 19.4. The van der Waals surface area contributed by atoms with Crippen LogP contribution >= 0.6 is 0 Å². The number of nitrogens with one attached hydrogen (secondary N) is 1. The van der Waals surface area contributed by atoms with Gasteiger partial charge in [0.2, 0.25) is 0 Å². The molecule has 1 aliphatic rings. The number of rotatable bonds is 8. The molecule has 0 aliphatic carbocycles. The summed E-state index contributed by atoms with van der Waals surface area (Å²) in [4.78, 5) is 29.5. The Morgan fingerprint density at radius 3 is 2.54 bits per heavy atom. The van der Waals surface area contributed by atoms with E-state index in [-0.39, 0.29) is 29.1 Å². The smallest absolute Gasteiger partial charge is 0.355 e. The number of nitrogens with zero attached hydrogens (tertiary/aromatic N) is 1. The van der Waals surface area contributed by atoms with E-state index in [2.05, 4.69) is 4.98 Å². The minimum atomic E-state index is -3.12. The highest BCUT2D eigenvalue weighted by Crippen LogP contribution is 2.25. The molecule has 1 aromatic heterocycles. The quantitative estimate of drug-likeness (QED) is 0.625. The third kappa shape index (κ3) is 5.14. The Bertz CT molecular complexity index is 828. The summed E-state index contributed by atoms with van der Waals surface area (Å²) in [5, 5.41) is 9.84. The molecule has 9 heteroatoms. The topological polar surface area (TPSA) is 117 Å². The summed E-state index contributed by atoms with van der Waals surface area (Å²) in [6.07, 6.45) is 1.31. The maximum atomic E-state index is 12.7. The summed E-state index contributed by atoms with van der Waals surface area (Å²) in [6.45, 7) is 7.07. The van der Waals surface area contributed by atoms with E-state index in [1.54, 1.807) is 20.8 Å². The summed E-state index contributed by atoms with van der Waals surface area (Å²) >= 11 is 0. The van der Waals surface area contributed by atoms with Crippen molar-refractivity contribution in [3.63, 3.8) is 0 Å². The Kier molecular flexibility index (Phi) is 7.28. The number of ether oxygens (including phenoxy) is 1. The Morgan fingerprint density at radius 1 is 1.36 bits per heavy atom. The number of aryl methyl sites for hydroxylation is 1. The van der Waals surface area contributed by atoms with Crippen LogP contribution in [-0.2, 0) is 19.4 Å². The van der Waals surface area contributed by atoms with Crippen LogP contribution in [0.1, 0.15) is 66.5 Å². The lowest BCUT2D eigenvalue weighted by Gasteiger charge is -2.28. The highest BCUT2D eigenvalue weighted by atomic mass is 32.2. The van der Waals surface area contributed by atoms with Crippen LogP contribution in [0.5, 0.6) is 0 Å². The fraction of sp³-hybridized carbons (Fsp3) is 0.684. The Morgan fingerprint density at radius 2 is 2.04 bits per heavy atom. The van der Waals surface area contributed by atoms with Crippen molar-refractivity contribution in [2.75, 3.05) is 24.7 Å². The summed E-state index contributed by atoms with van der Waals surface area (Å²) in [5.41, 5.74) is 2.12. The van der Waals surface area contributed by atoms with Gasteiger partial charge in [0.05, 0.1) is 17.6 Å². The SMILES string of the molecule is CCCCN(C(=O)COC(=O)c1[nH]c(C)c([C@H](C)O)c1C)[C@H]1CCS(=O)(=O)C1. The number of esters is 1. The molecule has 0 unspecified atom stereocenters. The number of aromatic nitrogens is 1. The van der Waals surface area contributed by atoms with Crippen molar-refractivity contribution in [3.8, 4) is 0 Å². The van der Waals surface area contributed by atoms with E-state index < -0.39 is 28.5 Å². The highest BCUT2D eigenvalue weighted by Gasteiger charge is 2.34. The van der Waals surface area contributed by atoms with Gasteiger partial charge in [0.15, 0.2) is 16.4 Å². The van der Waals surface area contributed by atoms with Gasteiger partial charge in [0, 0.05) is 23.8 Å². The lowest BCUT2D eigenvalue weighted by atomic mass is 10.1. The zero-order valence-electron chi connectivity index (χ0n) is 16.9. The fourth-order valence-electron chi connectivity index (χ4n) is 3.74. The molecular weight excluding hydrogens is 384 g/mol. The van der Waals surface area contributed by atoms with Crippen molar-refractivity contribution in [3.05, 3.63) is 22.5 Å². The number of unbranched alkanes of at least 4 members (excludes halogenated alkanes) is 1. The molecule has 0 radical (unpaired) electrons. The average Bonchev–Trinajstić information content (AvgIpc) is 3.11. The summed E-state index contributed by atoms with van der Waals surface area (Å²) in [7, 11) is -3.12. The van der Waals surface area contributed by atoms with E-state index in [0.717, 1.165) is 12.8 Å².